The minimum Gasteiger partial charge on any atom is -0.389 e. The van der Waals surface area contributed by atoms with E-state index in [1.807, 2.05) is 0 Å². The number of hydrogen-bond acceptors (Lipinski definition) is 1. The topological polar surface area (TPSA) is 20.2 Å². The van der Waals surface area contributed by atoms with E-state index in [2.05, 4.69) is 25.7 Å². The van der Waals surface area contributed by atoms with Crippen molar-refractivity contribution in [1.29, 1.82) is 0 Å². The fourth-order valence-corrected chi connectivity index (χ4v) is 6.74. The summed E-state index contributed by atoms with van der Waals surface area (Å²) in [6, 6.07) is 0. The first-order chi connectivity index (χ1) is 10.1. The van der Waals surface area contributed by atoms with Crippen LogP contribution < -0.4 is 0 Å². The molecule has 0 aromatic heterocycles. The van der Waals surface area contributed by atoms with E-state index in [0.717, 1.165) is 36.0 Å². The third kappa shape index (κ3) is 2.00. The van der Waals surface area contributed by atoms with Crippen LogP contribution in [0.15, 0.2) is 24.3 Å². The molecule has 1 heteroatoms. The molecular formula is C20H30O. The highest BCUT2D eigenvalue weighted by molar-refractivity contribution is 5.20. The number of aliphatic hydroxyl groups is 1. The van der Waals surface area contributed by atoms with Gasteiger partial charge in [-0.1, -0.05) is 24.6 Å². The summed E-state index contributed by atoms with van der Waals surface area (Å²) < 4.78 is 0. The van der Waals surface area contributed by atoms with Crippen molar-refractivity contribution < 1.29 is 5.11 Å². The van der Waals surface area contributed by atoms with Crippen LogP contribution in [0.25, 0.3) is 0 Å². The average molecular weight is 286 g/mol. The smallest absolute Gasteiger partial charge is 0.0723 e. The number of allylic oxidation sites excluding steroid dienone is 2. The van der Waals surface area contributed by atoms with Crippen molar-refractivity contribution in [2.24, 2.45) is 35.0 Å². The van der Waals surface area contributed by atoms with Crippen LogP contribution in [0.2, 0.25) is 0 Å². The van der Waals surface area contributed by atoms with E-state index in [4.69, 9.17) is 0 Å². The lowest BCUT2D eigenvalue weighted by Gasteiger charge is -2.54. The third-order valence-electron chi connectivity index (χ3n) is 7.79. The number of fused-ring (bicyclic) bond motifs is 5. The van der Waals surface area contributed by atoms with E-state index in [0.29, 0.717) is 5.41 Å². The first-order valence-electron chi connectivity index (χ1n) is 9.14. The number of rotatable bonds is 1. The van der Waals surface area contributed by atoms with Crippen LogP contribution in [0.4, 0.5) is 0 Å². The van der Waals surface area contributed by atoms with Gasteiger partial charge in [0.05, 0.1) is 6.10 Å². The summed E-state index contributed by atoms with van der Waals surface area (Å²) in [4.78, 5) is 0. The molecule has 1 N–H and O–H groups in total. The van der Waals surface area contributed by atoms with E-state index < -0.39 is 0 Å². The summed E-state index contributed by atoms with van der Waals surface area (Å²) >= 11 is 0. The van der Waals surface area contributed by atoms with Gasteiger partial charge in [0, 0.05) is 0 Å². The molecule has 0 heterocycles. The first kappa shape index (κ1) is 14.1. The van der Waals surface area contributed by atoms with Gasteiger partial charge < -0.3 is 5.11 Å². The zero-order chi connectivity index (χ0) is 14.6. The molecule has 0 aromatic carbocycles. The van der Waals surface area contributed by atoms with Gasteiger partial charge in [-0.25, -0.2) is 0 Å². The molecule has 0 spiro atoms. The molecule has 3 saturated carbocycles. The summed E-state index contributed by atoms with van der Waals surface area (Å²) in [5, 5.41) is 9.91. The lowest BCUT2D eigenvalue weighted by atomic mass is 9.51. The van der Waals surface area contributed by atoms with Crippen LogP contribution in [-0.4, -0.2) is 11.2 Å². The Morgan fingerprint density at radius 3 is 2.81 bits per heavy atom. The van der Waals surface area contributed by atoms with Crippen molar-refractivity contribution in [3.05, 3.63) is 24.3 Å². The molecule has 0 saturated heterocycles. The van der Waals surface area contributed by atoms with Crippen LogP contribution in [0.3, 0.4) is 0 Å². The summed E-state index contributed by atoms with van der Waals surface area (Å²) in [7, 11) is 0. The van der Waals surface area contributed by atoms with E-state index in [1.165, 1.54) is 44.9 Å². The van der Waals surface area contributed by atoms with Crippen molar-refractivity contribution in [3.63, 3.8) is 0 Å². The van der Waals surface area contributed by atoms with Gasteiger partial charge in [-0.05, 0) is 86.4 Å². The summed E-state index contributed by atoms with van der Waals surface area (Å²) in [5.74, 6) is 4.37. The Morgan fingerprint density at radius 2 is 2.00 bits per heavy atom. The van der Waals surface area contributed by atoms with E-state index >= 15 is 0 Å². The zero-order valence-corrected chi connectivity index (χ0v) is 13.4. The fourth-order valence-electron chi connectivity index (χ4n) is 6.74. The van der Waals surface area contributed by atoms with Gasteiger partial charge in [0.25, 0.3) is 0 Å². The quantitative estimate of drug-likeness (QED) is 0.691. The highest BCUT2D eigenvalue weighted by atomic mass is 16.3. The van der Waals surface area contributed by atoms with Crippen LogP contribution in [0.5, 0.6) is 0 Å². The van der Waals surface area contributed by atoms with Gasteiger partial charge >= 0.3 is 0 Å². The molecule has 7 atom stereocenters. The molecule has 0 amide bonds. The molecule has 3 fully saturated rings. The zero-order valence-electron chi connectivity index (χ0n) is 13.4. The molecule has 0 radical (unpaired) electrons. The monoisotopic (exact) mass is 286 g/mol. The van der Waals surface area contributed by atoms with E-state index in [-0.39, 0.29) is 6.10 Å². The Kier molecular flexibility index (Phi) is 3.33. The van der Waals surface area contributed by atoms with Crippen LogP contribution >= 0.6 is 0 Å². The average Bonchev–Trinajstić information content (AvgIpc) is 2.83. The van der Waals surface area contributed by atoms with Gasteiger partial charge in [-0.3, -0.25) is 0 Å². The fraction of sp³-hybridized carbons (Fsp3) is 0.800. The lowest BCUT2D eigenvalue weighted by Crippen LogP contribution is -2.46. The van der Waals surface area contributed by atoms with E-state index in [9.17, 15) is 5.11 Å². The number of hydrogen-bond donors (Lipinski definition) is 1. The largest absolute Gasteiger partial charge is 0.389 e. The molecule has 21 heavy (non-hydrogen) atoms. The summed E-state index contributed by atoms with van der Waals surface area (Å²) in [5.41, 5.74) is 2.15. The molecule has 0 bridgehead atoms. The van der Waals surface area contributed by atoms with Gasteiger partial charge in [0.2, 0.25) is 0 Å². The second kappa shape index (κ2) is 4.98. The summed E-state index contributed by atoms with van der Waals surface area (Å²) in [6.45, 7) is 6.68. The second-order valence-corrected chi connectivity index (χ2v) is 8.43. The van der Waals surface area contributed by atoms with Gasteiger partial charge in [0.1, 0.15) is 0 Å². The minimum absolute atomic E-state index is 0.154. The lowest BCUT2D eigenvalue weighted by molar-refractivity contribution is -0.0167. The SMILES string of the molecule is C=C[C@H]1CC[C@H]2[C@@H]3CCC4=C[C@@H](O)CCC4[C@H]3CC[C@]12C. The molecule has 4 aliphatic rings. The molecule has 4 aliphatic carbocycles. The van der Waals surface area contributed by atoms with Crippen LogP contribution in [-0.2, 0) is 0 Å². The van der Waals surface area contributed by atoms with Gasteiger partial charge in [-0.2, -0.15) is 0 Å². The standard InChI is InChI=1S/C20H30O/c1-3-14-5-9-19-18-7-4-13-12-15(21)6-8-16(13)17(18)10-11-20(14,19)2/h3,12,14-19,21H,1,4-11H2,2H3/t14-,15-,16?,17+,18+,19-,20+/m0/s1. The molecular weight excluding hydrogens is 256 g/mol. The Morgan fingerprint density at radius 1 is 1.14 bits per heavy atom. The molecule has 116 valence electrons. The predicted molar refractivity (Wildman–Crippen MR) is 86.8 cm³/mol. The molecule has 4 rings (SSSR count). The van der Waals surface area contributed by atoms with Crippen LogP contribution in [0.1, 0.15) is 58.3 Å². The molecule has 0 aliphatic heterocycles. The highest BCUT2D eigenvalue weighted by Gasteiger charge is 2.55. The highest BCUT2D eigenvalue weighted by Crippen LogP contribution is 2.63. The first-order valence-corrected chi connectivity index (χ1v) is 9.14. The predicted octanol–water partition coefficient (Wildman–Crippen LogP) is 4.72. The Bertz CT molecular complexity index is 464. The van der Waals surface area contributed by atoms with Crippen molar-refractivity contribution >= 4 is 0 Å². The Hall–Kier alpha value is -0.560. The van der Waals surface area contributed by atoms with Crippen molar-refractivity contribution in [2.75, 3.05) is 0 Å². The van der Waals surface area contributed by atoms with Crippen molar-refractivity contribution in [3.8, 4) is 0 Å². The molecule has 0 aromatic rings. The van der Waals surface area contributed by atoms with Crippen LogP contribution in [0, 0.1) is 35.0 Å². The third-order valence-corrected chi connectivity index (χ3v) is 7.79. The second-order valence-electron chi connectivity index (χ2n) is 8.43. The molecule has 1 unspecified atom stereocenters. The van der Waals surface area contributed by atoms with Crippen molar-refractivity contribution in [2.45, 2.75) is 64.4 Å². The summed E-state index contributed by atoms with van der Waals surface area (Å²) in [6.07, 6.45) is 14.8. The molecule has 1 nitrogen and oxygen atoms in total. The maximum absolute atomic E-state index is 9.91. The van der Waals surface area contributed by atoms with Gasteiger partial charge in [0.15, 0.2) is 0 Å². The Balaban J connectivity index is 1.61. The van der Waals surface area contributed by atoms with Gasteiger partial charge in [-0.15, -0.1) is 6.58 Å². The minimum atomic E-state index is -0.154. The maximum atomic E-state index is 9.91. The number of aliphatic hydroxyl groups excluding tert-OH is 1. The van der Waals surface area contributed by atoms with Crippen molar-refractivity contribution in [1.82, 2.24) is 0 Å². The Labute approximate surface area is 129 Å². The van der Waals surface area contributed by atoms with E-state index in [1.54, 1.807) is 5.57 Å². The normalized spacial score (nSPS) is 52.4. The maximum Gasteiger partial charge on any atom is 0.0723 e.